The molecule has 1 saturated heterocycles. The summed E-state index contributed by atoms with van der Waals surface area (Å²) in [5.41, 5.74) is 1.69. The Morgan fingerprint density at radius 3 is 2.58 bits per heavy atom. The average molecular weight is 509 g/mol. The number of carbonyl (C=O) groups excluding carboxylic acids is 2. The number of hydrogen-bond acceptors (Lipinski definition) is 6. The summed E-state index contributed by atoms with van der Waals surface area (Å²) in [6.45, 7) is 0.651. The van der Waals surface area contributed by atoms with Crippen molar-refractivity contribution in [2.75, 3.05) is 25.1 Å². The minimum atomic E-state index is -3.89. The van der Waals surface area contributed by atoms with Crippen LogP contribution in [0, 0.1) is 0 Å². The molecule has 0 N–H and O–H groups in total. The number of amides is 1. The summed E-state index contributed by atoms with van der Waals surface area (Å²) in [7, 11) is -2.68. The Morgan fingerprint density at radius 1 is 1.16 bits per heavy atom. The molecule has 0 spiro atoms. The number of nitrogens with zero attached hydrogens (tertiary/aromatic N) is 2. The Bertz CT molecular complexity index is 1130. The van der Waals surface area contributed by atoms with Gasteiger partial charge in [0.1, 0.15) is 6.61 Å². The lowest BCUT2D eigenvalue weighted by molar-refractivity contribution is 0.0596. The molecule has 164 valence electrons. The third kappa shape index (κ3) is 4.07. The van der Waals surface area contributed by atoms with E-state index in [1.54, 1.807) is 17.0 Å². The number of carbonyl (C=O) groups is 2. The minimum Gasteiger partial charge on any atom is -0.465 e. The first-order valence-electron chi connectivity index (χ1n) is 9.75. The smallest absolute Gasteiger partial charge is 0.414 e. The van der Waals surface area contributed by atoms with Gasteiger partial charge in [0, 0.05) is 29.2 Å². The molecule has 31 heavy (non-hydrogen) atoms. The number of anilines is 1. The van der Waals surface area contributed by atoms with E-state index in [2.05, 4.69) is 15.9 Å². The van der Waals surface area contributed by atoms with Crippen LogP contribution in [0.1, 0.15) is 28.8 Å². The molecule has 2 aliphatic rings. The summed E-state index contributed by atoms with van der Waals surface area (Å²) in [5, 5.41) is 0. The quantitative estimate of drug-likeness (QED) is 0.586. The van der Waals surface area contributed by atoms with Crippen LogP contribution in [0.4, 0.5) is 10.5 Å². The lowest BCUT2D eigenvalue weighted by Gasteiger charge is -2.39. The molecule has 4 rings (SSSR count). The summed E-state index contributed by atoms with van der Waals surface area (Å²) < 4.78 is 38.7. The summed E-state index contributed by atoms with van der Waals surface area (Å²) in [6, 6.07) is 11.5. The highest BCUT2D eigenvalue weighted by Crippen LogP contribution is 2.34. The maximum Gasteiger partial charge on any atom is 0.414 e. The van der Waals surface area contributed by atoms with E-state index in [1.165, 1.54) is 23.5 Å². The first-order valence-corrected chi connectivity index (χ1v) is 12.0. The van der Waals surface area contributed by atoms with Crippen LogP contribution in [0.3, 0.4) is 0 Å². The van der Waals surface area contributed by atoms with E-state index in [4.69, 9.17) is 9.47 Å². The molecule has 10 heteroatoms. The number of methoxy groups -OCH3 is 1. The Morgan fingerprint density at radius 2 is 1.87 bits per heavy atom. The van der Waals surface area contributed by atoms with Gasteiger partial charge in [-0.25, -0.2) is 18.0 Å². The summed E-state index contributed by atoms with van der Waals surface area (Å²) >= 11 is 3.43. The molecule has 0 saturated carbocycles. The Hall–Kier alpha value is -2.43. The number of ether oxygens (including phenoxy) is 2. The van der Waals surface area contributed by atoms with Crippen LogP contribution in [-0.2, 0) is 26.1 Å². The van der Waals surface area contributed by atoms with Crippen LogP contribution in [0.25, 0.3) is 0 Å². The van der Waals surface area contributed by atoms with E-state index in [9.17, 15) is 18.0 Å². The molecule has 1 fully saturated rings. The van der Waals surface area contributed by atoms with Gasteiger partial charge in [0.25, 0.3) is 0 Å². The molecule has 0 aromatic heterocycles. The summed E-state index contributed by atoms with van der Waals surface area (Å²) in [5.74, 6) is -0.701. The van der Waals surface area contributed by atoms with Gasteiger partial charge < -0.3 is 9.47 Å². The number of piperidine rings is 1. The van der Waals surface area contributed by atoms with Gasteiger partial charge >= 0.3 is 12.1 Å². The van der Waals surface area contributed by atoms with E-state index in [1.807, 2.05) is 18.2 Å². The second-order valence-electron chi connectivity index (χ2n) is 7.32. The predicted octanol–water partition coefficient (Wildman–Crippen LogP) is 3.55. The van der Waals surface area contributed by atoms with Crippen LogP contribution in [0.5, 0.6) is 0 Å². The number of cyclic esters (lactones) is 1. The fourth-order valence-corrected chi connectivity index (χ4v) is 6.07. The predicted molar refractivity (Wildman–Crippen MR) is 116 cm³/mol. The molecule has 2 heterocycles. The maximum absolute atomic E-state index is 13.2. The Balaban J connectivity index is 1.55. The molecular weight excluding hydrogens is 488 g/mol. The maximum atomic E-state index is 13.2. The van der Waals surface area contributed by atoms with Gasteiger partial charge in [0.05, 0.1) is 23.3 Å². The molecule has 2 aromatic rings. The van der Waals surface area contributed by atoms with Gasteiger partial charge in [-0.05, 0) is 43.2 Å². The van der Waals surface area contributed by atoms with Crippen molar-refractivity contribution in [1.29, 1.82) is 0 Å². The number of rotatable bonds is 4. The molecule has 0 unspecified atom stereocenters. The second kappa shape index (κ2) is 8.60. The number of benzene rings is 2. The highest BCUT2D eigenvalue weighted by Gasteiger charge is 2.38. The first-order chi connectivity index (χ1) is 14.8. The van der Waals surface area contributed by atoms with Crippen LogP contribution in [0.2, 0.25) is 0 Å². The zero-order valence-corrected chi connectivity index (χ0v) is 19.2. The van der Waals surface area contributed by atoms with Crippen molar-refractivity contribution in [3.05, 3.63) is 58.1 Å². The number of sulfonamides is 1. The fraction of sp³-hybridized carbons (Fsp3) is 0.333. The van der Waals surface area contributed by atoms with Crippen LogP contribution >= 0.6 is 15.9 Å². The minimum absolute atomic E-state index is 0.00577. The topological polar surface area (TPSA) is 93.2 Å². The van der Waals surface area contributed by atoms with E-state index < -0.39 is 22.1 Å². The molecule has 0 atom stereocenters. The van der Waals surface area contributed by atoms with E-state index in [-0.39, 0.29) is 36.2 Å². The standard InChI is InChI=1S/C21H21BrN2O6S/c1-29-20(25)17-4-2-3-5-19(17)31(27,28)23-10-8-16(9-11-23)24-18-7-6-15(22)12-14(18)13-30-21(24)26/h2-7,12,16H,8-11,13H2,1H3. The largest absolute Gasteiger partial charge is 0.465 e. The normalized spacial score (nSPS) is 17.7. The Kier molecular flexibility index (Phi) is 6.05. The molecule has 0 radical (unpaired) electrons. The third-order valence-electron chi connectivity index (χ3n) is 5.55. The molecule has 0 bridgehead atoms. The number of hydrogen-bond donors (Lipinski definition) is 0. The third-order valence-corrected chi connectivity index (χ3v) is 8.00. The molecule has 2 aliphatic heterocycles. The number of fused-ring (bicyclic) bond motifs is 1. The van der Waals surface area contributed by atoms with Crippen molar-refractivity contribution in [1.82, 2.24) is 4.31 Å². The van der Waals surface area contributed by atoms with E-state index in [0.29, 0.717) is 12.8 Å². The molecule has 8 nitrogen and oxygen atoms in total. The van der Waals surface area contributed by atoms with Gasteiger partial charge in [-0.1, -0.05) is 28.1 Å². The highest BCUT2D eigenvalue weighted by atomic mass is 79.9. The van der Waals surface area contributed by atoms with Gasteiger partial charge in [-0.3, -0.25) is 4.90 Å². The molecular formula is C21H21BrN2O6S. The first kappa shape index (κ1) is 21.8. The fourth-order valence-electron chi connectivity index (χ4n) is 4.01. The van der Waals surface area contributed by atoms with E-state index in [0.717, 1.165) is 15.7 Å². The van der Waals surface area contributed by atoms with Crippen LogP contribution in [0.15, 0.2) is 51.8 Å². The van der Waals surface area contributed by atoms with Crippen molar-refractivity contribution in [3.8, 4) is 0 Å². The Labute approximate surface area is 188 Å². The summed E-state index contributed by atoms with van der Waals surface area (Å²) in [4.78, 5) is 26.1. The van der Waals surface area contributed by atoms with Gasteiger partial charge in [-0.2, -0.15) is 4.31 Å². The monoisotopic (exact) mass is 508 g/mol. The summed E-state index contributed by atoms with van der Waals surface area (Å²) in [6.07, 6.45) is 0.473. The SMILES string of the molecule is COC(=O)c1ccccc1S(=O)(=O)N1CCC(N2C(=O)OCc3cc(Br)ccc32)CC1. The highest BCUT2D eigenvalue weighted by molar-refractivity contribution is 9.10. The van der Waals surface area contributed by atoms with Crippen molar-refractivity contribution in [2.45, 2.75) is 30.4 Å². The zero-order valence-electron chi connectivity index (χ0n) is 16.8. The zero-order chi connectivity index (χ0) is 22.2. The van der Waals surface area contributed by atoms with Crippen molar-refractivity contribution in [3.63, 3.8) is 0 Å². The van der Waals surface area contributed by atoms with Crippen LogP contribution in [-0.4, -0.2) is 51.0 Å². The number of halogens is 1. The van der Waals surface area contributed by atoms with Gasteiger partial charge in [0.2, 0.25) is 10.0 Å². The van der Waals surface area contributed by atoms with Crippen molar-refractivity contribution < 1.29 is 27.5 Å². The molecule has 2 aromatic carbocycles. The second-order valence-corrected chi connectivity index (χ2v) is 10.1. The average Bonchev–Trinajstić information content (AvgIpc) is 2.78. The molecule has 1 amide bonds. The number of esters is 1. The van der Waals surface area contributed by atoms with Gasteiger partial charge in [0.15, 0.2) is 0 Å². The molecule has 0 aliphatic carbocycles. The van der Waals surface area contributed by atoms with Crippen molar-refractivity contribution >= 4 is 43.7 Å². The van der Waals surface area contributed by atoms with E-state index >= 15 is 0 Å². The van der Waals surface area contributed by atoms with Gasteiger partial charge in [-0.15, -0.1) is 0 Å². The lowest BCUT2D eigenvalue weighted by atomic mass is 10.0. The lowest BCUT2D eigenvalue weighted by Crippen LogP contribution is -2.50. The van der Waals surface area contributed by atoms with Crippen LogP contribution < -0.4 is 4.90 Å². The van der Waals surface area contributed by atoms with Crippen molar-refractivity contribution in [2.24, 2.45) is 0 Å².